The zero-order chi connectivity index (χ0) is 53.7. The number of hydrogen-bond acceptors (Lipinski definition) is 14. The van der Waals surface area contributed by atoms with Gasteiger partial charge in [-0.15, -0.1) is 0 Å². The van der Waals surface area contributed by atoms with Crippen LogP contribution in [0.1, 0.15) is 113 Å². The molecule has 74 heavy (non-hydrogen) atoms. The molecule has 0 radical (unpaired) electrons. The number of benzene rings is 2. The smallest absolute Gasteiger partial charge is 0.307 e. The van der Waals surface area contributed by atoms with E-state index in [-0.39, 0.29) is 56.1 Å². The Labute approximate surface area is 447 Å². The van der Waals surface area contributed by atoms with E-state index in [1.807, 2.05) is 6.07 Å². The monoisotopic (exact) mass is 1080 g/mol. The number of aliphatic hydroxyl groups is 1. The van der Waals surface area contributed by atoms with Gasteiger partial charge in [0.05, 0.1) is 24.0 Å². The maximum atomic E-state index is 14.7. The van der Waals surface area contributed by atoms with Gasteiger partial charge < -0.3 is 47.4 Å². The number of rotatable bonds is 17. The number of Topliss-reactive ketones (excluding diaryl/α,β-unsaturated/α-hetero) is 2. The second-order valence-corrected chi connectivity index (χ2v) is 22.7. The van der Waals surface area contributed by atoms with Crippen LogP contribution in [0.3, 0.4) is 0 Å². The third kappa shape index (κ3) is 18.4. The van der Waals surface area contributed by atoms with Crippen molar-refractivity contribution in [2.45, 2.75) is 151 Å². The Morgan fingerprint density at radius 1 is 0.797 bits per heavy atom. The van der Waals surface area contributed by atoms with E-state index in [1.165, 1.54) is 35.3 Å². The predicted octanol–water partition coefficient (Wildman–Crippen LogP) is 3.50. The van der Waals surface area contributed by atoms with Gasteiger partial charge in [-0.3, -0.25) is 43.2 Å². The fraction of sp³-hybridized carbons (Fsp3) is 0.604. The summed E-state index contributed by atoms with van der Waals surface area (Å²) in [6.45, 7) is 4.32. The zero-order valence-corrected chi connectivity index (χ0v) is 45.1. The highest BCUT2D eigenvalue weighted by Crippen LogP contribution is 2.31. The van der Waals surface area contributed by atoms with Crippen molar-refractivity contribution in [3.8, 4) is 0 Å². The molecular weight excluding hydrogens is 1010 g/mol. The number of nitrogens with two attached hydrogens (primary N) is 2. The summed E-state index contributed by atoms with van der Waals surface area (Å²) in [4.78, 5) is 127. The Morgan fingerprint density at radius 3 is 2.08 bits per heavy atom. The number of carboxylic acid groups (broad SMARTS) is 1. The topological polar surface area (TPSA) is 289 Å². The molecule has 0 saturated carbocycles. The van der Waals surface area contributed by atoms with E-state index in [1.54, 1.807) is 47.0 Å². The molecule has 3 heterocycles. The molecule has 8 atom stereocenters. The highest BCUT2D eigenvalue weighted by atomic mass is 32.2. The lowest BCUT2D eigenvalue weighted by Crippen LogP contribution is -2.61. The number of nitrogens with one attached hydrogen (secondary N) is 3. The van der Waals surface area contributed by atoms with Crippen molar-refractivity contribution in [3.63, 3.8) is 0 Å². The van der Waals surface area contributed by atoms with Crippen molar-refractivity contribution in [1.29, 1.82) is 0 Å². The maximum Gasteiger partial charge on any atom is 0.307 e. The molecule has 5 rings (SSSR count). The van der Waals surface area contributed by atoms with E-state index in [2.05, 4.69) is 35.0 Å². The lowest BCUT2D eigenvalue weighted by molar-refractivity contribution is -0.148. The molecule has 2 aromatic carbocycles. The molecule has 21 heteroatoms. The average Bonchev–Trinajstić information content (AvgIpc) is 4.07. The first-order chi connectivity index (χ1) is 35.5. The summed E-state index contributed by atoms with van der Waals surface area (Å²) in [6.07, 6.45) is 1.79. The van der Waals surface area contributed by atoms with Crippen LogP contribution >= 0.6 is 35.3 Å². The summed E-state index contributed by atoms with van der Waals surface area (Å²) in [5.41, 5.74) is 14.9. The highest BCUT2D eigenvalue weighted by Gasteiger charge is 2.44. The number of fused-ring (bicyclic) bond motifs is 4. The third-order valence-electron chi connectivity index (χ3n) is 13.5. The first-order valence-corrected chi connectivity index (χ1v) is 29.3. The molecule has 2 saturated heterocycles. The fourth-order valence-electron chi connectivity index (χ4n) is 9.63. The van der Waals surface area contributed by atoms with E-state index in [4.69, 9.17) is 11.5 Å². The number of carboxylic acids is 1. The van der Waals surface area contributed by atoms with E-state index in [0.717, 1.165) is 35.3 Å². The minimum Gasteiger partial charge on any atom is -0.481 e. The van der Waals surface area contributed by atoms with Crippen molar-refractivity contribution in [2.75, 3.05) is 36.9 Å². The molecular formula is C53H75N7O11S3. The first kappa shape index (κ1) is 59.9. The molecule has 0 aliphatic carbocycles. The molecule has 0 unspecified atom stereocenters. The van der Waals surface area contributed by atoms with Crippen LogP contribution in [0.25, 0.3) is 0 Å². The van der Waals surface area contributed by atoms with Crippen molar-refractivity contribution < 1.29 is 53.4 Å². The van der Waals surface area contributed by atoms with Gasteiger partial charge in [0.25, 0.3) is 0 Å². The molecule has 18 nitrogen and oxygen atoms in total. The summed E-state index contributed by atoms with van der Waals surface area (Å²) in [6, 6.07) is 8.62. The molecule has 3 aliphatic heterocycles. The fourth-order valence-corrected chi connectivity index (χ4v) is 12.5. The van der Waals surface area contributed by atoms with Crippen LogP contribution < -0.4 is 27.4 Å². The molecule has 0 spiro atoms. The first-order valence-electron chi connectivity index (χ1n) is 25.8. The lowest BCUT2D eigenvalue weighted by Gasteiger charge is -2.33. The Balaban J connectivity index is 1.51. The largest absolute Gasteiger partial charge is 0.481 e. The second-order valence-electron chi connectivity index (χ2n) is 19.6. The number of aliphatic carboxylic acids is 1. The molecule has 9 N–H and O–H groups in total. The number of primary amides is 1. The van der Waals surface area contributed by atoms with E-state index in [9.17, 15) is 53.4 Å². The van der Waals surface area contributed by atoms with Crippen molar-refractivity contribution in [3.05, 3.63) is 70.8 Å². The minimum atomic E-state index is -1.65. The Bertz CT molecular complexity index is 2270. The summed E-state index contributed by atoms with van der Waals surface area (Å²) in [7, 11) is 0. The molecule has 2 bridgehead atoms. The third-order valence-corrected chi connectivity index (χ3v) is 16.9. The van der Waals surface area contributed by atoms with Gasteiger partial charge in [0.2, 0.25) is 35.4 Å². The SMILES string of the molecule is CCCCCC(=O)C[C@H]1CSCc2cc(CSCCN)cc(c2)CSC[C@@H](C(=O)O)CC(=O)[C@H](Cc2ccccc2)NC(=O)[C@H](CCC(N)=O)NC(=O)[C@H]([C@@H](C)O)NC(=O)[C@@H]2CCCN2C(=O)[C@@H]2CCCN2C1=O. The molecule has 406 valence electrons. The maximum absolute atomic E-state index is 14.7. The molecule has 3 aliphatic rings. The quantitative estimate of drug-likeness (QED) is 0.112. The van der Waals surface area contributed by atoms with E-state index < -0.39 is 95.9 Å². The second kappa shape index (κ2) is 30.6. The van der Waals surface area contributed by atoms with Crippen LogP contribution in [0, 0.1) is 11.8 Å². The number of unbranched alkanes of at least 4 members (excludes halogenated alkanes) is 2. The van der Waals surface area contributed by atoms with Crippen LogP contribution in [-0.2, 0) is 66.8 Å². The standard InChI is InChI=1S/C53H75N7O11S3/c1-3-4-6-13-40(62)26-38-31-73-29-36-22-35(28-72-21-18-54)23-37(24-36)30-74-32-39(53(70)71)27-45(63)42(25-34-11-7-5-8-12-34)57-48(65)41(16-17-46(55)64)56-50(67)47(33(2)61)58-49(66)43-14-9-19-59(43)52(69)44-15-10-20-60(44)51(38)68/h5,7-8,11-12,22-24,33,38-39,41-44,47,61H,3-4,6,9-10,13-21,25-32,54H2,1-2H3,(H2,55,64)(H,56,67)(H,57,65)(H,58,66)(H,70,71)/t33-,38+,39+,41+,42+,43+,44+,47+/m1/s1. The predicted molar refractivity (Wildman–Crippen MR) is 288 cm³/mol. The number of nitrogens with zero attached hydrogens (tertiary/aromatic N) is 2. The van der Waals surface area contributed by atoms with Gasteiger partial charge in [0, 0.05) is 79.8 Å². The van der Waals surface area contributed by atoms with Gasteiger partial charge in [-0.05, 0) is 74.1 Å². The van der Waals surface area contributed by atoms with Gasteiger partial charge in [-0.25, -0.2) is 0 Å². The number of carbonyl (C=O) groups is 9. The van der Waals surface area contributed by atoms with E-state index in [0.29, 0.717) is 73.8 Å². The number of ketones is 2. The molecule has 6 amide bonds. The van der Waals surface area contributed by atoms with Crippen LogP contribution in [0.2, 0.25) is 0 Å². The van der Waals surface area contributed by atoms with Crippen LogP contribution in [-0.4, -0.2) is 146 Å². The molecule has 0 aromatic heterocycles. The van der Waals surface area contributed by atoms with Gasteiger partial charge in [0.1, 0.15) is 30.0 Å². The highest BCUT2D eigenvalue weighted by molar-refractivity contribution is 7.99. The van der Waals surface area contributed by atoms with Gasteiger partial charge in [-0.2, -0.15) is 35.3 Å². The summed E-state index contributed by atoms with van der Waals surface area (Å²) < 4.78 is 0. The van der Waals surface area contributed by atoms with Crippen molar-refractivity contribution >= 4 is 88.3 Å². The number of thioether (sulfide) groups is 3. The normalized spacial score (nSPS) is 24.7. The van der Waals surface area contributed by atoms with Crippen molar-refractivity contribution in [2.24, 2.45) is 23.3 Å². The molecule has 2 fully saturated rings. The Kier molecular flexibility index (Phi) is 24.7. The molecule has 2 aromatic rings. The number of aliphatic hydroxyl groups excluding tert-OH is 1. The number of amides is 6. The van der Waals surface area contributed by atoms with Crippen molar-refractivity contribution in [1.82, 2.24) is 25.8 Å². The summed E-state index contributed by atoms with van der Waals surface area (Å²) in [5.74, 6) is -5.08. The Morgan fingerprint density at radius 2 is 1.45 bits per heavy atom. The Hall–Kier alpha value is -4.96. The van der Waals surface area contributed by atoms with Gasteiger partial charge in [-0.1, -0.05) is 68.3 Å². The van der Waals surface area contributed by atoms with Crippen LogP contribution in [0.5, 0.6) is 0 Å². The zero-order valence-electron chi connectivity index (χ0n) is 42.6. The lowest BCUT2D eigenvalue weighted by atomic mass is 9.95. The van der Waals surface area contributed by atoms with E-state index >= 15 is 0 Å². The number of hydrogen-bond donors (Lipinski definition) is 7. The summed E-state index contributed by atoms with van der Waals surface area (Å²) in [5, 5.41) is 29.1. The number of carbonyl (C=O) groups excluding carboxylic acids is 8. The summed E-state index contributed by atoms with van der Waals surface area (Å²) >= 11 is 4.55. The van der Waals surface area contributed by atoms with Gasteiger partial charge >= 0.3 is 5.97 Å². The van der Waals surface area contributed by atoms with Gasteiger partial charge in [0.15, 0.2) is 5.78 Å². The van der Waals surface area contributed by atoms with Crippen LogP contribution in [0.4, 0.5) is 0 Å². The minimum absolute atomic E-state index is 0.0213. The average molecular weight is 1080 g/mol. The van der Waals surface area contributed by atoms with Crippen LogP contribution in [0.15, 0.2) is 48.5 Å².